The van der Waals surface area contributed by atoms with E-state index >= 15 is 0 Å². The van der Waals surface area contributed by atoms with Crippen LogP contribution in [0.3, 0.4) is 0 Å². The van der Waals surface area contributed by atoms with Gasteiger partial charge in [0.1, 0.15) is 0 Å². The van der Waals surface area contributed by atoms with Crippen LogP contribution in [0.5, 0.6) is 11.5 Å². The lowest BCUT2D eigenvalue weighted by Gasteiger charge is -2.63. The molecule has 0 heterocycles. The predicted molar refractivity (Wildman–Crippen MR) is 168 cm³/mol. The number of rotatable bonds is 7. The first-order chi connectivity index (χ1) is 20.2. The number of carbonyl (C=O) groups excluding carboxylic acids is 1. The Bertz CT molecular complexity index is 1300. The highest BCUT2D eigenvalue weighted by Crippen LogP contribution is 2.89. The molecular formula is C36H54N2O5. The normalized spacial score (nSPS) is 45.6. The predicted octanol–water partition coefficient (Wildman–Crippen LogP) is 5.23. The van der Waals surface area contributed by atoms with Crippen molar-refractivity contribution in [1.82, 2.24) is 10.2 Å². The number of ether oxygens (including phenoxy) is 1. The van der Waals surface area contributed by atoms with E-state index in [-0.39, 0.29) is 58.0 Å². The summed E-state index contributed by atoms with van der Waals surface area (Å²) >= 11 is 0. The number of carbonyl (C=O) groups is 1. The van der Waals surface area contributed by atoms with E-state index in [4.69, 9.17) is 4.74 Å². The van der Waals surface area contributed by atoms with Gasteiger partial charge in [-0.15, -0.1) is 0 Å². The van der Waals surface area contributed by atoms with E-state index in [1.54, 1.807) is 24.3 Å². The van der Waals surface area contributed by atoms with Gasteiger partial charge in [0.2, 0.25) is 5.91 Å². The number of nitrogens with zero attached hydrogens (tertiary/aromatic N) is 1. The second-order valence-electron chi connectivity index (χ2n) is 16.0. The smallest absolute Gasteiger partial charge is 0.244 e. The van der Waals surface area contributed by atoms with Gasteiger partial charge in [-0.3, -0.25) is 4.79 Å². The molecule has 0 radical (unpaired) electrons. The number of hydrogen-bond acceptors (Lipinski definition) is 6. The molecule has 1 amide bonds. The van der Waals surface area contributed by atoms with Crippen LogP contribution in [0.1, 0.15) is 84.6 Å². The SMILES string of the molecule is COc1ccc(C=CC(=O)NC2CCC34CC35CCC3(C)C(C(C)N(C)C)C(O)CC3(C)C5CCC4C2(C)CO)cc1O. The van der Waals surface area contributed by atoms with E-state index in [0.29, 0.717) is 29.0 Å². The van der Waals surface area contributed by atoms with Crippen molar-refractivity contribution in [3.05, 3.63) is 29.8 Å². The summed E-state index contributed by atoms with van der Waals surface area (Å²) in [5.74, 6) is 1.52. The molecule has 7 nitrogen and oxygen atoms in total. The minimum absolute atomic E-state index is 0.0381. The third kappa shape index (κ3) is 4.13. The summed E-state index contributed by atoms with van der Waals surface area (Å²) in [6.45, 7) is 9.58. The van der Waals surface area contributed by atoms with E-state index in [2.05, 4.69) is 52.0 Å². The van der Waals surface area contributed by atoms with E-state index < -0.39 is 0 Å². The molecule has 5 aliphatic carbocycles. The molecule has 4 N–H and O–H groups in total. The number of hydrogen-bond donors (Lipinski definition) is 4. The molecule has 5 aliphatic rings. The molecule has 2 spiro atoms. The van der Waals surface area contributed by atoms with Crippen molar-refractivity contribution >= 4 is 12.0 Å². The number of benzene rings is 1. The van der Waals surface area contributed by atoms with Gasteiger partial charge in [-0.2, -0.15) is 0 Å². The van der Waals surface area contributed by atoms with Crippen molar-refractivity contribution in [1.29, 1.82) is 0 Å². The van der Waals surface area contributed by atoms with Gasteiger partial charge in [-0.25, -0.2) is 0 Å². The van der Waals surface area contributed by atoms with Gasteiger partial charge in [0, 0.05) is 29.5 Å². The third-order valence-electron chi connectivity index (χ3n) is 14.6. The van der Waals surface area contributed by atoms with Crippen LogP contribution in [0.25, 0.3) is 6.08 Å². The minimum atomic E-state index is -0.382. The van der Waals surface area contributed by atoms with Gasteiger partial charge < -0.3 is 30.3 Å². The molecule has 11 atom stereocenters. The van der Waals surface area contributed by atoms with Crippen LogP contribution in [0.15, 0.2) is 24.3 Å². The second-order valence-corrected chi connectivity index (χ2v) is 16.0. The fourth-order valence-corrected chi connectivity index (χ4v) is 12.1. The van der Waals surface area contributed by atoms with Crippen LogP contribution in [-0.4, -0.2) is 72.1 Å². The summed E-state index contributed by atoms with van der Waals surface area (Å²) in [6.07, 6.45) is 11.7. The first-order valence-electron chi connectivity index (χ1n) is 16.5. The van der Waals surface area contributed by atoms with Crippen molar-refractivity contribution in [2.45, 2.75) is 97.2 Å². The maximum Gasteiger partial charge on any atom is 0.244 e. The van der Waals surface area contributed by atoms with Gasteiger partial charge in [-0.05, 0) is 130 Å². The summed E-state index contributed by atoms with van der Waals surface area (Å²) in [5, 5.41) is 35.9. The molecule has 7 heteroatoms. The Morgan fingerprint density at radius 2 is 1.79 bits per heavy atom. The molecule has 43 heavy (non-hydrogen) atoms. The zero-order chi connectivity index (χ0) is 31.2. The van der Waals surface area contributed by atoms with Gasteiger partial charge in [-0.1, -0.05) is 26.8 Å². The fourth-order valence-electron chi connectivity index (χ4n) is 12.1. The van der Waals surface area contributed by atoms with Gasteiger partial charge >= 0.3 is 0 Å². The second kappa shape index (κ2) is 10.2. The first-order valence-corrected chi connectivity index (χ1v) is 16.5. The molecule has 238 valence electrons. The zero-order valence-corrected chi connectivity index (χ0v) is 27.3. The topological polar surface area (TPSA) is 102 Å². The Balaban J connectivity index is 1.21. The highest BCUT2D eigenvalue weighted by atomic mass is 16.5. The van der Waals surface area contributed by atoms with E-state index in [1.807, 2.05) is 0 Å². The van der Waals surface area contributed by atoms with Gasteiger partial charge in [0.05, 0.1) is 19.8 Å². The largest absolute Gasteiger partial charge is 0.504 e. The van der Waals surface area contributed by atoms with Crippen molar-refractivity contribution in [2.24, 2.45) is 44.8 Å². The van der Waals surface area contributed by atoms with Crippen molar-refractivity contribution in [2.75, 3.05) is 27.8 Å². The molecule has 0 aromatic heterocycles. The molecule has 1 aromatic carbocycles. The number of phenolic OH excluding ortho intramolecular Hbond substituents is 1. The quantitative estimate of drug-likeness (QED) is 0.323. The summed E-state index contributed by atoms with van der Waals surface area (Å²) in [4.78, 5) is 15.4. The van der Waals surface area contributed by atoms with Gasteiger partial charge in [0.25, 0.3) is 0 Å². The van der Waals surface area contributed by atoms with Crippen LogP contribution in [0.2, 0.25) is 0 Å². The number of aliphatic hydroxyl groups is 2. The van der Waals surface area contributed by atoms with Gasteiger partial charge in [0.15, 0.2) is 11.5 Å². The molecule has 5 fully saturated rings. The molecular weight excluding hydrogens is 540 g/mol. The monoisotopic (exact) mass is 594 g/mol. The number of nitrogens with one attached hydrogen (secondary N) is 1. The van der Waals surface area contributed by atoms with E-state index in [0.717, 1.165) is 44.1 Å². The number of phenols is 1. The Hall–Kier alpha value is -2.09. The molecule has 6 rings (SSSR count). The lowest BCUT2D eigenvalue weighted by Crippen LogP contribution is -2.62. The van der Waals surface area contributed by atoms with Crippen molar-refractivity contribution < 1.29 is 24.9 Å². The van der Waals surface area contributed by atoms with Crippen molar-refractivity contribution in [3.8, 4) is 11.5 Å². The summed E-state index contributed by atoms with van der Waals surface area (Å²) in [6, 6.07) is 5.31. The fraction of sp³-hybridized carbons (Fsp3) is 0.750. The number of aromatic hydroxyl groups is 1. The van der Waals surface area contributed by atoms with E-state index in [1.165, 1.54) is 26.0 Å². The average molecular weight is 595 g/mol. The van der Waals surface area contributed by atoms with Crippen molar-refractivity contribution in [3.63, 3.8) is 0 Å². The lowest BCUT2D eigenvalue weighted by molar-refractivity contribution is -0.156. The molecule has 1 aromatic rings. The highest BCUT2D eigenvalue weighted by Gasteiger charge is 2.83. The zero-order valence-electron chi connectivity index (χ0n) is 27.3. The Morgan fingerprint density at radius 3 is 2.44 bits per heavy atom. The number of methoxy groups -OCH3 is 1. The Kier molecular flexibility index (Phi) is 7.34. The molecule has 0 bridgehead atoms. The number of aliphatic hydroxyl groups excluding tert-OH is 2. The summed E-state index contributed by atoms with van der Waals surface area (Å²) < 4.78 is 5.12. The highest BCUT2D eigenvalue weighted by molar-refractivity contribution is 5.92. The average Bonchev–Trinajstić information content (AvgIpc) is 3.58. The van der Waals surface area contributed by atoms with Crippen LogP contribution in [0, 0.1) is 44.8 Å². The van der Waals surface area contributed by atoms with Crippen LogP contribution in [-0.2, 0) is 4.79 Å². The number of fused-ring (bicyclic) bond motifs is 2. The third-order valence-corrected chi connectivity index (χ3v) is 14.6. The maximum absolute atomic E-state index is 13.1. The molecule has 0 saturated heterocycles. The lowest BCUT2D eigenvalue weighted by atomic mass is 9.41. The standard InChI is InChI=1S/C36H54N2O5/c1-22(38(5)6)31-25(41)19-34(4)28-12-11-27-32(2,21-39)29(14-15-35(27)20-36(28,35)17-16-33(31,34)3)37-30(42)13-9-23-8-10-26(43-7)24(40)18-23/h8-10,13,18,22,25,27-29,31,39-41H,11-12,14-17,19-21H2,1-7H3,(H,37,42). The minimum Gasteiger partial charge on any atom is -0.504 e. The summed E-state index contributed by atoms with van der Waals surface area (Å²) in [5.41, 5.74) is 1.08. The van der Waals surface area contributed by atoms with Crippen LogP contribution in [0.4, 0.5) is 0 Å². The Labute approximate surface area is 258 Å². The van der Waals surface area contributed by atoms with E-state index in [9.17, 15) is 20.1 Å². The Morgan fingerprint density at radius 1 is 1.09 bits per heavy atom. The number of amides is 1. The first kappa shape index (κ1) is 30.9. The summed E-state index contributed by atoms with van der Waals surface area (Å²) in [7, 11) is 5.80. The molecule has 0 aliphatic heterocycles. The molecule has 11 unspecified atom stereocenters. The van der Waals surface area contributed by atoms with Crippen LogP contribution < -0.4 is 10.1 Å². The molecule has 5 saturated carbocycles. The maximum atomic E-state index is 13.1. The van der Waals surface area contributed by atoms with Crippen LogP contribution >= 0.6 is 0 Å².